The molecule has 0 aliphatic carbocycles. The highest BCUT2D eigenvalue weighted by molar-refractivity contribution is 5.92. The molecule has 1 aliphatic rings. The largest absolute Gasteiger partial charge is 0.497 e. The van der Waals surface area contributed by atoms with Gasteiger partial charge in [-0.3, -0.25) is 0 Å². The van der Waals surface area contributed by atoms with E-state index in [1.807, 2.05) is 30.5 Å². The fourth-order valence-corrected chi connectivity index (χ4v) is 2.49. The van der Waals surface area contributed by atoms with E-state index < -0.39 is 0 Å². The minimum atomic E-state index is 0.232. The maximum atomic E-state index is 5.58. The summed E-state index contributed by atoms with van der Waals surface area (Å²) in [6, 6.07) is 8.36. The normalized spacial score (nSPS) is 22.6. The lowest BCUT2D eigenvalue weighted by Crippen LogP contribution is -2.27. The van der Waals surface area contributed by atoms with Crippen molar-refractivity contribution in [2.45, 2.75) is 25.5 Å². The van der Waals surface area contributed by atoms with E-state index in [4.69, 9.17) is 9.47 Å². The lowest BCUT2D eigenvalue weighted by molar-refractivity contribution is 0.121. The molecule has 1 aromatic carbocycles. The second-order valence-electron chi connectivity index (χ2n) is 4.86. The second kappa shape index (κ2) is 5.05. The van der Waals surface area contributed by atoms with Gasteiger partial charge in [0.2, 0.25) is 0 Å². The Morgan fingerprint density at radius 3 is 3.00 bits per heavy atom. The number of hydrogen-bond donors (Lipinski definition) is 1. The summed E-state index contributed by atoms with van der Waals surface area (Å²) in [6.07, 6.45) is 3.08. The average Bonchev–Trinajstić information content (AvgIpc) is 2.84. The van der Waals surface area contributed by atoms with Crippen molar-refractivity contribution < 1.29 is 9.47 Å². The molecule has 2 heterocycles. The zero-order valence-corrected chi connectivity index (χ0v) is 11.2. The number of pyridine rings is 1. The molecular weight excluding hydrogens is 240 g/mol. The quantitative estimate of drug-likeness (QED) is 0.919. The van der Waals surface area contributed by atoms with E-state index in [0.29, 0.717) is 6.04 Å². The summed E-state index contributed by atoms with van der Waals surface area (Å²) in [5, 5.41) is 5.74. The molecule has 1 N–H and O–H groups in total. The fraction of sp³-hybridized carbons (Fsp3) is 0.400. The third kappa shape index (κ3) is 2.36. The van der Waals surface area contributed by atoms with Crippen LogP contribution in [0.2, 0.25) is 0 Å². The molecule has 0 amide bonds. The van der Waals surface area contributed by atoms with E-state index in [-0.39, 0.29) is 6.10 Å². The molecule has 0 bridgehead atoms. The third-order valence-electron chi connectivity index (χ3n) is 3.67. The number of methoxy groups -OCH3 is 1. The monoisotopic (exact) mass is 258 g/mol. The number of hydrogen-bond acceptors (Lipinski definition) is 4. The van der Waals surface area contributed by atoms with E-state index in [9.17, 15) is 0 Å². The van der Waals surface area contributed by atoms with Crippen molar-refractivity contribution in [3.05, 3.63) is 30.5 Å². The third-order valence-corrected chi connectivity index (χ3v) is 3.67. The van der Waals surface area contributed by atoms with Gasteiger partial charge in [0.15, 0.2) is 0 Å². The number of nitrogens with zero attached hydrogens (tertiary/aromatic N) is 1. The van der Waals surface area contributed by atoms with Crippen LogP contribution in [0.25, 0.3) is 10.8 Å². The molecule has 4 heteroatoms. The highest BCUT2D eigenvalue weighted by atomic mass is 16.5. The van der Waals surface area contributed by atoms with Crippen molar-refractivity contribution in [3.63, 3.8) is 0 Å². The van der Waals surface area contributed by atoms with Crippen LogP contribution < -0.4 is 10.1 Å². The Bertz CT molecular complexity index is 585. The number of benzene rings is 1. The van der Waals surface area contributed by atoms with Gasteiger partial charge in [-0.05, 0) is 43.0 Å². The Balaban J connectivity index is 1.94. The number of nitrogens with one attached hydrogen (secondary N) is 1. The standard InChI is InChI=1S/C15H18N2O2/c1-10-14(6-8-19-10)17-15-13-4-3-12(18-2)9-11(13)5-7-16-15/h3-5,7,9-10,14H,6,8H2,1-2H3,(H,16,17). The smallest absolute Gasteiger partial charge is 0.134 e. The van der Waals surface area contributed by atoms with E-state index in [2.05, 4.69) is 17.2 Å². The number of aromatic nitrogens is 1. The summed E-state index contributed by atoms with van der Waals surface area (Å²) < 4.78 is 10.8. The number of anilines is 1. The van der Waals surface area contributed by atoms with Crippen molar-refractivity contribution in [1.29, 1.82) is 0 Å². The van der Waals surface area contributed by atoms with Gasteiger partial charge in [0, 0.05) is 18.2 Å². The molecule has 1 aliphatic heterocycles. The first-order valence-corrected chi connectivity index (χ1v) is 6.59. The van der Waals surface area contributed by atoms with Gasteiger partial charge in [-0.1, -0.05) is 0 Å². The van der Waals surface area contributed by atoms with Crippen molar-refractivity contribution in [3.8, 4) is 5.75 Å². The van der Waals surface area contributed by atoms with E-state index in [1.165, 1.54) is 0 Å². The zero-order valence-electron chi connectivity index (χ0n) is 11.2. The van der Waals surface area contributed by atoms with Crippen LogP contribution >= 0.6 is 0 Å². The van der Waals surface area contributed by atoms with Crippen LogP contribution in [0.1, 0.15) is 13.3 Å². The summed E-state index contributed by atoms with van der Waals surface area (Å²) in [6.45, 7) is 2.91. The highest BCUT2D eigenvalue weighted by Crippen LogP contribution is 2.27. The molecule has 2 atom stereocenters. The molecule has 2 unspecified atom stereocenters. The van der Waals surface area contributed by atoms with E-state index >= 15 is 0 Å². The average molecular weight is 258 g/mol. The van der Waals surface area contributed by atoms with Gasteiger partial charge in [-0.25, -0.2) is 4.98 Å². The molecule has 4 nitrogen and oxygen atoms in total. The first-order chi connectivity index (χ1) is 9.28. The number of rotatable bonds is 3. The maximum absolute atomic E-state index is 5.58. The Morgan fingerprint density at radius 1 is 1.37 bits per heavy atom. The molecule has 1 fully saturated rings. The number of ether oxygens (including phenoxy) is 2. The van der Waals surface area contributed by atoms with E-state index in [0.717, 1.165) is 35.4 Å². The first-order valence-electron chi connectivity index (χ1n) is 6.59. The van der Waals surface area contributed by atoms with Crippen molar-refractivity contribution >= 4 is 16.6 Å². The Kier molecular flexibility index (Phi) is 3.25. The summed E-state index contributed by atoms with van der Waals surface area (Å²) >= 11 is 0. The minimum absolute atomic E-state index is 0.232. The molecule has 2 aromatic rings. The van der Waals surface area contributed by atoms with Gasteiger partial charge in [0.1, 0.15) is 11.6 Å². The van der Waals surface area contributed by atoms with Gasteiger partial charge in [-0.2, -0.15) is 0 Å². The van der Waals surface area contributed by atoms with Crippen LogP contribution in [0.5, 0.6) is 5.75 Å². The van der Waals surface area contributed by atoms with Crippen molar-refractivity contribution in [2.24, 2.45) is 0 Å². The number of fused-ring (bicyclic) bond motifs is 1. The molecule has 0 saturated carbocycles. The van der Waals surface area contributed by atoms with Gasteiger partial charge in [0.05, 0.1) is 19.3 Å². The molecule has 100 valence electrons. The first kappa shape index (κ1) is 12.2. The molecule has 0 radical (unpaired) electrons. The van der Waals surface area contributed by atoms with Crippen LogP contribution in [0.15, 0.2) is 30.5 Å². The van der Waals surface area contributed by atoms with Crippen LogP contribution in [-0.4, -0.2) is 30.8 Å². The van der Waals surface area contributed by atoms with Crippen molar-refractivity contribution in [1.82, 2.24) is 4.98 Å². The molecule has 3 rings (SSSR count). The lowest BCUT2D eigenvalue weighted by atomic mass is 10.1. The van der Waals surface area contributed by atoms with Crippen LogP contribution in [0, 0.1) is 0 Å². The molecule has 0 spiro atoms. The molecule has 1 saturated heterocycles. The summed E-state index contributed by atoms with van der Waals surface area (Å²) in [4.78, 5) is 4.45. The molecule has 19 heavy (non-hydrogen) atoms. The zero-order chi connectivity index (χ0) is 13.2. The predicted octanol–water partition coefficient (Wildman–Crippen LogP) is 2.83. The van der Waals surface area contributed by atoms with Crippen molar-refractivity contribution in [2.75, 3.05) is 19.0 Å². The Morgan fingerprint density at radius 2 is 2.26 bits per heavy atom. The SMILES string of the molecule is COc1ccc2c(NC3CCOC3C)nccc2c1. The Labute approximate surface area is 112 Å². The predicted molar refractivity (Wildman–Crippen MR) is 75.7 cm³/mol. The summed E-state index contributed by atoms with van der Waals surface area (Å²) in [5.41, 5.74) is 0. The van der Waals surface area contributed by atoms with E-state index in [1.54, 1.807) is 7.11 Å². The topological polar surface area (TPSA) is 43.4 Å². The van der Waals surface area contributed by atoms with Crippen LogP contribution in [0.3, 0.4) is 0 Å². The van der Waals surface area contributed by atoms with Crippen LogP contribution in [-0.2, 0) is 4.74 Å². The van der Waals surface area contributed by atoms with Gasteiger partial charge < -0.3 is 14.8 Å². The summed E-state index contributed by atoms with van der Waals surface area (Å²) in [7, 11) is 1.68. The highest BCUT2D eigenvalue weighted by Gasteiger charge is 2.24. The minimum Gasteiger partial charge on any atom is -0.497 e. The second-order valence-corrected chi connectivity index (χ2v) is 4.86. The summed E-state index contributed by atoms with van der Waals surface area (Å²) in [5.74, 6) is 1.78. The van der Waals surface area contributed by atoms with Crippen LogP contribution in [0.4, 0.5) is 5.82 Å². The molecular formula is C15H18N2O2. The molecule has 1 aromatic heterocycles. The van der Waals surface area contributed by atoms with Gasteiger partial charge in [-0.15, -0.1) is 0 Å². The van der Waals surface area contributed by atoms with Gasteiger partial charge in [0.25, 0.3) is 0 Å². The fourth-order valence-electron chi connectivity index (χ4n) is 2.49. The van der Waals surface area contributed by atoms with Gasteiger partial charge >= 0.3 is 0 Å². The maximum Gasteiger partial charge on any atom is 0.134 e. The lowest BCUT2D eigenvalue weighted by Gasteiger charge is -2.18. The Hall–Kier alpha value is -1.81.